The average Bonchev–Trinajstić information content (AvgIpc) is 2.55. The Hall–Kier alpha value is -1.50. The molecule has 1 aliphatic carbocycles. The SMILES string of the molecule is CN(CC(=O)N[C@@H]1COCC[C@@H]1OCC1CCC1)Cc1cccnc1. The van der Waals surface area contributed by atoms with Crippen LogP contribution in [0, 0.1) is 5.92 Å². The van der Waals surface area contributed by atoms with E-state index in [9.17, 15) is 4.79 Å². The normalized spacial score (nSPS) is 24.1. The number of carbonyl (C=O) groups is 1. The molecule has 1 aromatic rings. The molecule has 2 aliphatic rings. The van der Waals surface area contributed by atoms with Gasteiger partial charge in [-0.3, -0.25) is 14.7 Å². The number of hydrogen-bond donors (Lipinski definition) is 1. The predicted octanol–water partition coefficient (Wildman–Crippen LogP) is 1.60. The molecule has 0 radical (unpaired) electrons. The summed E-state index contributed by atoms with van der Waals surface area (Å²) < 4.78 is 11.6. The minimum absolute atomic E-state index is 0.0131. The molecule has 1 N–H and O–H groups in total. The third-order valence-corrected chi connectivity index (χ3v) is 5.00. The molecular weight excluding hydrogens is 318 g/mol. The number of nitrogens with zero attached hydrogens (tertiary/aromatic N) is 2. The largest absolute Gasteiger partial charge is 0.379 e. The van der Waals surface area contributed by atoms with E-state index >= 15 is 0 Å². The predicted molar refractivity (Wildman–Crippen MR) is 95.0 cm³/mol. The maximum atomic E-state index is 12.4. The molecule has 0 bridgehead atoms. The Morgan fingerprint density at radius 1 is 1.44 bits per heavy atom. The number of carbonyl (C=O) groups excluding carboxylic acids is 1. The smallest absolute Gasteiger partial charge is 0.234 e. The monoisotopic (exact) mass is 347 g/mol. The fourth-order valence-corrected chi connectivity index (χ4v) is 3.33. The molecule has 2 fully saturated rings. The second kappa shape index (κ2) is 9.27. The van der Waals surface area contributed by atoms with E-state index in [2.05, 4.69) is 10.3 Å². The second-order valence-corrected chi connectivity index (χ2v) is 7.24. The van der Waals surface area contributed by atoms with Gasteiger partial charge in [-0.15, -0.1) is 0 Å². The number of ether oxygens (including phenoxy) is 2. The van der Waals surface area contributed by atoms with Crippen LogP contribution < -0.4 is 5.32 Å². The summed E-state index contributed by atoms with van der Waals surface area (Å²) in [4.78, 5) is 18.5. The van der Waals surface area contributed by atoms with Crippen LogP contribution >= 0.6 is 0 Å². The molecule has 1 aromatic heterocycles. The molecule has 0 unspecified atom stereocenters. The Bertz CT molecular complexity index is 536. The fraction of sp³-hybridized carbons (Fsp3) is 0.684. The topological polar surface area (TPSA) is 63.7 Å². The van der Waals surface area contributed by atoms with E-state index in [1.165, 1.54) is 19.3 Å². The van der Waals surface area contributed by atoms with Gasteiger partial charge in [-0.2, -0.15) is 0 Å². The van der Waals surface area contributed by atoms with Crippen molar-refractivity contribution < 1.29 is 14.3 Å². The van der Waals surface area contributed by atoms with Crippen LogP contribution in [0.3, 0.4) is 0 Å². The molecule has 2 atom stereocenters. The number of pyridine rings is 1. The maximum absolute atomic E-state index is 12.4. The highest BCUT2D eigenvalue weighted by Crippen LogP contribution is 2.27. The molecule has 6 nitrogen and oxygen atoms in total. The number of hydrogen-bond acceptors (Lipinski definition) is 5. The van der Waals surface area contributed by atoms with Gasteiger partial charge in [-0.25, -0.2) is 0 Å². The number of amides is 1. The first-order valence-electron chi connectivity index (χ1n) is 9.27. The zero-order valence-corrected chi connectivity index (χ0v) is 15.0. The van der Waals surface area contributed by atoms with Crippen molar-refractivity contribution in [1.29, 1.82) is 0 Å². The summed E-state index contributed by atoms with van der Waals surface area (Å²) in [6, 6.07) is 3.88. The van der Waals surface area contributed by atoms with Crippen LogP contribution in [-0.2, 0) is 20.8 Å². The molecule has 3 rings (SSSR count). The number of rotatable bonds is 8. The third-order valence-electron chi connectivity index (χ3n) is 5.00. The van der Waals surface area contributed by atoms with Crippen molar-refractivity contribution in [3.05, 3.63) is 30.1 Å². The van der Waals surface area contributed by atoms with Gasteiger partial charge in [0, 0.05) is 32.2 Å². The van der Waals surface area contributed by atoms with Gasteiger partial charge in [-0.1, -0.05) is 12.5 Å². The van der Waals surface area contributed by atoms with E-state index in [4.69, 9.17) is 9.47 Å². The van der Waals surface area contributed by atoms with Gasteiger partial charge in [-0.05, 0) is 43.9 Å². The Labute approximate surface area is 149 Å². The van der Waals surface area contributed by atoms with Gasteiger partial charge in [0.05, 0.1) is 25.3 Å². The van der Waals surface area contributed by atoms with Crippen molar-refractivity contribution in [1.82, 2.24) is 15.2 Å². The zero-order valence-electron chi connectivity index (χ0n) is 15.0. The maximum Gasteiger partial charge on any atom is 0.234 e. The van der Waals surface area contributed by atoms with Crippen LogP contribution in [0.25, 0.3) is 0 Å². The minimum atomic E-state index is -0.0480. The van der Waals surface area contributed by atoms with Gasteiger partial charge >= 0.3 is 0 Å². The lowest BCUT2D eigenvalue weighted by atomic mass is 9.86. The van der Waals surface area contributed by atoms with Crippen molar-refractivity contribution in [2.24, 2.45) is 5.92 Å². The van der Waals surface area contributed by atoms with E-state index in [1.807, 2.05) is 30.3 Å². The standard InChI is InChI=1S/C19H29N3O3/c1-22(11-16-6-3-8-20-10-16)12-19(23)21-17-14-24-9-7-18(17)25-13-15-4-2-5-15/h3,6,8,10,15,17-18H,2,4-5,7,9,11-14H2,1H3,(H,21,23)/t17-,18+/m1/s1. The molecule has 2 heterocycles. The summed E-state index contributed by atoms with van der Waals surface area (Å²) in [6.45, 7) is 3.11. The summed E-state index contributed by atoms with van der Waals surface area (Å²) in [5.74, 6) is 0.726. The van der Waals surface area contributed by atoms with Crippen LogP contribution in [0.1, 0.15) is 31.2 Å². The Morgan fingerprint density at radius 2 is 2.32 bits per heavy atom. The zero-order chi connectivity index (χ0) is 17.5. The molecule has 1 aliphatic heterocycles. The Kier molecular flexibility index (Phi) is 6.78. The van der Waals surface area contributed by atoms with E-state index in [-0.39, 0.29) is 18.1 Å². The highest BCUT2D eigenvalue weighted by Gasteiger charge is 2.29. The summed E-state index contributed by atoms with van der Waals surface area (Å²) in [5.41, 5.74) is 1.10. The summed E-state index contributed by atoms with van der Waals surface area (Å²) in [7, 11) is 1.94. The quantitative estimate of drug-likeness (QED) is 0.774. The first-order valence-corrected chi connectivity index (χ1v) is 9.27. The molecular formula is C19H29N3O3. The highest BCUT2D eigenvalue weighted by molar-refractivity contribution is 5.78. The van der Waals surface area contributed by atoms with E-state index < -0.39 is 0 Å². The molecule has 1 amide bonds. The van der Waals surface area contributed by atoms with Crippen LogP contribution in [-0.4, -0.2) is 61.3 Å². The first-order chi connectivity index (χ1) is 12.2. The van der Waals surface area contributed by atoms with Gasteiger partial charge < -0.3 is 14.8 Å². The van der Waals surface area contributed by atoms with Crippen molar-refractivity contribution in [2.45, 2.75) is 44.4 Å². The van der Waals surface area contributed by atoms with Crippen LogP contribution in [0.4, 0.5) is 0 Å². The van der Waals surface area contributed by atoms with Gasteiger partial charge in [0.15, 0.2) is 0 Å². The van der Waals surface area contributed by atoms with Crippen molar-refractivity contribution in [3.63, 3.8) is 0 Å². The molecule has 0 spiro atoms. The number of nitrogens with one attached hydrogen (secondary N) is 1. The first kappa shape index (κ1) is 18.3. The summed E-state index contributed by atoms with van der Waals surface area (Å²) >= 11 is 0. The lowest BCUT2D eigenvalue weighted by Gasteiger charge is -2.35. The summed E-state index contributed by atoms with van der Waals surface area (Å²) in [5, 5.41) is 3.10. The molecule has 0 aromatic carbocycles. The third kappa shape index (κ3) is 5.76. The van der Waals surface area contributed by atoms with Crippen molar-refractivity contribution in [2.75, 3.05) is 33.4 Å². The summed E-state index contributed by atoms with van der Waals surface area (Å²) in [6.07, 6.45) is 8.38. The van der Waals surface area contributed by atoms with E-state index in [1.54, 1.807) is 6.20 Å². The Balaban J connectivity index is 1.42. The molecule has 138 valence electrons. The van der Waals surface area contributed by atoms with Gasteiger partial charge in [0.25, 0.3) is 0 Å². The fourth-order valence-electron chi connectivity index (χ4n) is 3.33. The van der Waals surface area contributed by atoms with Gasteiger partial charge in [0.2, 0.25) is 5.91 Å². The second-order valence-electron chi connectivity index (χ2n) is 7.24. The van der Waals surface area contributed by atoms with E-state index in [0.717, 1.165) is 18.6 Å². The van der Waals surface area contributed by atoms with Crippen molar-refractivity contribution in [3.8, 4) is 0 Å². The lowest BCUT2D eigenvalue weighted by Crippen LogP contribution is -2.52. The minimum Gasteiger partial charge on any atom is -0.379 e. The highest BCUT2D eigenvalue weighted by atomic mass is 16.5. The molecule has 1 saturated heterocycles. The molecule has 25 heavy (non-hydrogen) atoms. The van der Waals surface area contributed by atoms with Crippen LogP contribution in [0.15, 0.2) is 24.5 Å². The Morgan fingerprint density at radius 3 is 3.04 bits per heavy atom. The molecule has 1 saturated carbocycles. The van der Waals surface area contributed by atoms with Crippen LogP contribution in [0.5, 0.6) is 0 Å². The number of aromatic nitrogens is 1. The number of likely N-dealkylation sites (N-methyl/N-ethyl adjacent to an activating group) is 1. The lowest BCUT2D eigenvalue weighted by molar-refractivity contribution is -0.127. The average molecular weight is 347 g/mol. The van der Waals surface area contributed by atoms with Crippen LogP contribution in [0.2, 0.25) is 0 Å². The molecule has 6 heteroatoms. The van der Waals surface area contributed by atoms with E-state index in [0.29, 0.717) is 32.2 Å². The van der Waals surface area contributed by atoms with Gasteiger partial charge in [0.1, 0.15) is 0 Å². The van der Waals surface area contributed by atoms with Crippen molar-refractivity contribution >= 4 is 5.91 Å².